The molecule has 0 unspecified atom stereocenters. The fourth-order valence-electron chi connectivity index (χ4n) is 1.88. The second-order valence-electron chi connectivity index (χ2n) is 4.78. The highest BCUT2D eigenvalue weighted by molar-refractivity contribution is 6.01. The average molecular weight is 200 g/mol. The summed E-state index contributed by atoms with van der Waals surface area (Å²) in [5, 5.41) is 0. The van der Waals surface area contributed by atoms with Crippen LogP contribution in [0.15, 0.2) is 36.4 Å². The zero-order chi connectivity index (χ0) is 10.9. The van der Waals surface area contributed by atoms with Crippen molar-refractivity contribution in [2.45, 2.75) is 26.7 Å². The first-order valence-corrected chi connectivity index (χ1v) is 5.40. The summed E-state index contributed by atoms with van der Waals surface area (Å²) in [6.45, 7) is 4.04. The molecule has 1 aromatic rings. The molecular weight excluding hydrogens is 184 g/mol. The van der Waals surface area contributed by atoms with Crippen molar-refractivity contribution in [3.8, 4) is 0 Å². The van der Waals surface area contributed by atoms with E-state index in [2.05, 4.69) is 12.1 Å². The number of ketones is 1. The average Bonchev–Trinajstić information content (AvgIpc) is 2.23. The number of allylic oxidation sites excluding steroid dienone is 2. The molecule has 2 rings (SSSR count). The van der Waals surface area contributed by atoms with E-state index in [1.165, 1.54) is 11.1 Å². The minimum absolute atomic E-state index is 0.168. The van der Waals surface area contributed by atoms with Crippen LogP contribution >= 0.6 is 0 Å². The van der Waals surface area contributed by atoms with Gasteiger partial charge in [-0.1, -0.05) is 44.2 Å². The molecule has 0 spiro atoms. The summed E-state index contributed by atoms with van der Waals surface area (Å²) >= 11 is 0. The molecule has 0 aromatic heterocycles. The summed E-state index contributed by atoms with van der Waals surface area (Å²) < 4.78 is 0. The third kappa shape index (κ3) is 2.01. The van der Waals surface area contributed by atoms with Crippen molar-refractivity contribution in [2.24, 2.45) is 5.41 Å². The van der Waals surface area contributed by atoms with Crippen LogP contribution in [0.1, 0.15) is 32.3 Å². The quantitative estimate of drug-likeness (QED) is 0.678. The molecule has 1 aliphatic carbocycles. The van der Waals surface area contributed by atoms with E-state index < -0.39 is 0 Å². The molecule has 0 aliphatic heterocycles. The lowest BCUT2D eigenvalue weighted by molar-refractivity contribution is -0.122. The SMILES string of the molecule is CC1(C)CCC(c2ccccc2)=CC1=O. The van der Waals surface area contributed by atoms with Crippen molar-refractivity contribution in [1.82, 2.24) is 0 Å². The van der Waals surface area contributed by atoms with Crippen molar-refractivity contribution in [1.29, 1.82) is 0 Å². The molecule has 0 saturated carbocycles. The van der Waals surface area contributed by atoms with Crippen LogP contribution in [-0.4, -0.2) is 5.78 Å². The van der Waals surface area contributed by atoms with Crippen molar-refractivity contribution < 1.29 is 4.79 Å². The molecule has 1 heteroatoms. The number of hydrogen-bond donors (Lipinski definition) is 0. The lowest BCUT2D eigenvalue weighted by Crippen LogP contribution is -2.25. The van der Waals surface area contributed by atoms with Gasteiger partial charge in [0.2, 0.25) is 0 Å². The Hall–Kier alpha value is -1.37. The van der Waals surface area contributed by atoms with Crippen LogP contribution in [0.4, 0.5) is 0 Å². The van der Waals surface area contributed by atoms with Gasteiger partial charge in [-0.25, -0.2) is 0 Å². The molecular formula is C14H16O. The third-order valence-electron chi connectivity index (χ3n) is 3.14. The van der Waals surface area contributed by atoms with Crippen LogP contribution in [0.5, 0.6) is 0 Å². The van der Waals surface area contributed by atoms with E-state index in [1.54, 1.807) is 0 Å². The molecule has 0 radical (unpaired) electrons. The topological polar surface area (TPSA) is 17.1 Å². The van der Waals surface area contributed by atoms with Crippen LogP contribution < -0.4 is 0 Å². The Morgan fingerprint density at radius 3 is 2.40 bits per heavy atom. The van der Waals surface area contributed by atoms with E-state index in [9.17, 15) is 4.79 Å². The Labute approximate surface area is 90.8 Å². The van der Waals surface area contributed by atoms with Crippen LogP contribution in [0.25, 0.3) is 5.57 Å². The number of carbonyl (C=O) groups excluding carboxylic acids is 1. The maximum absolute atomic E-state index is 11.8. The first-order chi connectivity index (χ1) is 7.09. The van der Waals surface area contributed by atoms with E-state index in [1.807, 2.05) is 38.1 Å². The Morgan fingerprint density at radius 1 is 1.13 bits per heavy atom. The normalized spacial score (nSPS) is 19.9. The molecule has 1 aromatic carbocycles. The highest BCUT2D eigenvalue weighted by atomic mass is 16.1. The van der Waals surface area contributed by atoms with Crippen molar-refractivity contribution in [3.05, 3.63) is 42.0 Å². The predicted octanol–water partition coefficient (Wildman–Crippen LogP) is 3.46. The van der Waals surface area contributed by atoms with Gasteiger partial charge in [0.1, 0.15) is 0 Å². The van der Waals surface area contributed by atoms with E-state index in [0.717, 1.165) is 12.8 Å². The summed E-state index contributed by atoms with van der Waals surface area (Å²) in [4.78, 5) is 11.8. The van der Waals surface area contributed by atoms with Crippen molar-refractivity contribution in [2.75, 3.05) is 0 Å². The Kier molecular flexibility index (Phi) is 2.47. The van der Waals surface area contributed by atoms with E-state index in [0.29, 0.717) is 0 Å². The minimum Gasteiger partial charge on any atom is -0.294 e. The van der Waals surface area contributed by atoms with Crippen molar-refractivity contribution in [3.63, 3.8) is 0 Å². The minimum atomic E-state index is -0.168. The molecule has 1 aliphatic rings. The van der Waals surface area contributed by atoms with Crippen LogP contribution in [0.2, 0.25) is 0 Å². The zero-order valence-electron chi connectivity index (χ0n) is 9.29. The number of carbonyl (C=O) groups is 1. The highest BCUT2D eigenvalue weighted by Crippen LogP contribution is 2.35. The fraction of sp³-hybridized carbons (Fsp3) is 0.357. The Balaban J connectivity index is 2.31. The van der Waals surface area contributed by atoms with Crippen LogP contribution in [0, 0.1) is 5.41 Å². The third-order valence-corrected chi connectivity index (χ3v) is 3.14. The maximum atomic E-state index is 11.8. The summed E-state index contributed by atoms with van der Waals surface area (Å²) in [5.41, 5.74) is 2.19. The Bertz CT molecular complexity index is 399. The van der Waals surface area contributed by atoms with Gasteiger partial charge in [0.15, 0.2) is 5.78 Å². The summed E-state index contributed by atoms with van der Waals surface area (Å²) in [5.74, 6) is 0.257. The van der Waals surface area contributed by atoms with Gasteiger partial charge in [-0.3, -0.25) is 4.79 Å². The summed E-state index contributed by atoms with van der Waals surface area (Å²) in [6, 6.07) is 10.2. The number of rotatable bonds is 1. The number of hydrogen-bond acceptors (Lipinski definition) is 1. The van der Waals surface area contributed by atoms with Crippen LogP contribution in [-0.2, 0) is 4.79 Å². The lowest BCUT2D eigenvalue weighted by Gasteiger charge is -2.27. The first-order valence-electron chi connectivity index (χ1n) is 5.40. The molecule has 0 heterocycles. The van der Waals surface area contributed by atoms with Gasteiger partial charge in [0.05, 0.1) is 0 Å². The van der Waals surface area contributed by atoms with Gasteiger partial charge in [0.25, 0.3) is 0 Å². The van der Waals surface area contributed by atoms with Gasteiger partial charge >= 0.3 is 0 Å². The van der Waals surface area contributed by atoms with Gasteiger partial charge in [-0.15, -0.1) is 0 Å². The van der Waals surface area contributed by atoms with E-state index in [-0.39, 0.29) is 11.2 Å². The van der Waals surface area contributed by atoms with Crippen molar-refractivity contribution >= 4 is 11.4 Å². The standard InChI is InChI=1S/C14H16O/c1-14(2)9-8-12(10-13(14)15)11-6-4-3-5-7-11/h3-7,10H,8-9H2,1-2H3. The molecule has 78 valence electrons. The van der Waals surface area contributed by atoms with Crippen LogP contribution in [0.3, 0.4) is 0 Å². The lowest BCUT2D eigenvalue weighted by atomic mass is 9.76. The largest absolute Gasteiger partial charge is 0.294 e. The summed E-state index contributed by atoms with van der Waals surface area (Å²) in [6.07, 6.45) is 3.77. The van der Waals surface area contributed by atoms with E-state index in [4.69, 9.17) is 0 Å². The predicted molar refractivity (Wildman–Crippen MR) is 62.4 cm³/mol. The second kappa shape index (κ2) is 3.65. The molecule has 0 fully saturated rings. The summed E-state index contributed by atoms with van der Waals surface area (Å²) in [7, 11) is 0. The number of benzene rings is 1. The molecule has 0 atom stereocenters. The van der Waals surface area contributed by atoms with Gasteiger partial charge in [0, 0.05) is 5.41 Å². The molecule has 1 nitrogen and oxygen atoms in total. The second-order valence-corrected chi connectivity index (χ2v) is 4.78. The smallest absolute Gasteiger partial charge is 0.161 e. The molecule has 0 bridgehead atoms. The van der Waals surface area contributed by atoms with E-state index >= 15 is 0 Å². The molecule has 0 saturated heterocycles. The van der Waals surface area contributed by atoms with Gasteiger partial charge in [-0.2, -0.15) is 0 Å². The molecule has 15 heavy (non-hydrogen) atoms. The molecule has 0 amide bonds. The van der Waals surface area contributed by atoms with Gasteiger partial charge in [-0.05, 0) is 30.1 Å². The Morgan fingerprint density at radius 2 is 1.80 bits per heavy atom. The first kappa shape index (κ1) is 10.2. The zero-order valence-corrected chi connectivity index (χ0v) is 9.29. The monoisotopic (exact) mass is 200 g/mol. The van der Waals surface area contributed by atoms with Gasteiger partial charge < -0.3 is 0 Å². The maximum Gasteiger partial charge on any atom is 0.161 e. The highest BCUT2D eigenvalue weighted by Gasteiger charge is 2.29. The molecule has 0 N–H and O–H groups in total. The fourth-order valence-corrected chi connectivity index (χ4v) is 1.88.